The predicted octanol–water partition coefficient (Wildman–Crippen LogP) is 3.94. The van der Waals surface area contributed by atoms with Crippen molar-refractivity contribution in [3.05, 3.63) is 53.2 Å². The number of benzene rings is 1. The van der Waals surface area contributed by atoms with Gasteiger partial charge in [0.15, 0.2) is 11.5 Å². The summed E-state index contributed by atoms with van der Waals surface area (Å²) in [6, 6.07) is 7.38. The third-order valence-corrected chi connectivity index (χ3v) is 4.77. The summed E-state index contributed by atoms with van der Waals surface area (Å²) in [5.74, 6) is 1.73. The van der Waals surface area contributed by atoms with Gasteiger partial charge in [-0.1, -0.05) is 6.07 Å². The molecule has 0 saturated heterocycles. The van der Waals surface area contributed by atoms with Gasteiger partial charge < -0.3 is 23.4 Å². The fourth-order valence-corrected chi connectivity index (χ4v) is 3.29. The molecule has 144 valence electrons. The van der Waals surface area contributed by atoms with Crippen molar-refractivity contribution >= 4 is 23.4 Å². The Balaban J connectivity index is 1.38. The molecule has 0 fully saturated rings. The summed E-state index contributed by atoms with van der Waals surface area (Å²) in [7, 11) is 1.55. The molecule has 0 aliphatic carbocycles. The molecule has 3 aromatic rings. The number of carbonyl (C=O) groups is 1. The first-order valence-corrected chi connectivity index (χ1v) is 9.41. The summed E-state index contributed by atoms with van der Waals surface area (Å²) >= 11 is 1.53. The number of nitrogens with zero attached hydrogens (tertiary/aromatic N) is 1. The fourth-order valence-electron chi connectivity index (χ4n) is 2.63. The van der Waals surface area contributed by atoms with Crippen LogP contribution in [0.5, 0.6) is 17.2 Å². The lowest BCUT2D eigenvalue weighted by Crippen LogP contribution is -2.16. The molecule has 0 spiro atoms. The second-order valence-corrected chi connectivity index (χ2v) is 6.76. The first-order chi connectivity index (χ1) is 13.7. The van der Waals surface area contributed by atoms with Crippen LogP contribution in [0.4, 0.5) is 0 Å². The first-order valence-electron chi connectivity index (χ1n) is 8.53. The topological polar surface area (TPSA) is 80.0 Å². The highest BCUT2D eigenvalue weighted by Crippen LogP contribution is 2.40. The monoisotopic (exact) mass is 399 g/mol. The van der Waals surface area contributed by atoms with Gasteiger partial charge in [-0.15, -0.1) is 11.3 Å². The molecule has 0 bridgehead atoms. The second-order valence-electron chi connectivity index (χ2n) is 5.81. The zero-order chi connectivity index (χ0) is 19.3. The number of esters is 1. The van der Waals surface area contributed by atoms with E-state index in [1.807, 2.05) is 17.5 Å². The maximum atomic E-state index is 12.0. The fraction of sp³-hybridized carbons (Fsp3) is 0.200. The van der Waals surface area contributed by atoms with Gasteiger partial charge in [0.1, 0.15) is 31.8 Å². The summed E-state index contributed by atoms with van der Waals surface area (Å²) in [4.78, 5) is 17.2. The van der Waals surface area contributed by atoms with Crippen molar-refractivity contribution in [2.45, 2.75) is 6.61 Å². The average molecular weight is 399 g/mol. The van der Waals surface area contributed by atoms with Crippen LogP contribution in [0, 0.1) is 0 Å². The van der Waals surface area contributed by atoms with Crippen LogP contribution in [0.2, 0.25) is 0 Å². The van der Waals surface area contributed by atoms with Crippen LogP contribution in [0.15, 0.2) is 46.4 Å². The standard InChI is InChI=1S/C20H17NO6S/c1-23-15-9-13(10-16-19(15)25-7-6-24-16)4-5-18(22)26-11-14-12-27-20(21-14)17-3-2-8-28-17/h2-5,8-10,12H,6-7,11H2,1H3/b5-4+. The number of hydrogen-bond acceptors (Lipinski definition) is 8. The quantitative estimate of drug-likeness (QED) is 0.459. The molecular formula is C20H17NO6S. The Bertz CT molecular complexity index is 975. The van der Waals surface area contributed by atoms with Gasteiger partial charge in [0.25, 0.3) is 0 Å². The van der Waals surface area contributed by atoms with Crippen molar-refractivity contribution in [2.24, 2.45) is 0 Å². The van der Waals surface area contributed by atoms with E-state index in [4.69, 9.17) is 23.4 Å². The van der Waals surface area contributed by atoms with Gasteiger partial charge in [-0.05, 0) is 35.2 Å². The first kappa shape index (κ1) is 18.1. The summed E-state index contributed by atoms with van der Waals surface area (Å²) in [6.07, 6.45) is 4.45. The molecule has 0 atom stereocenters. The number of methoxy groups -OCH3 is 1. The number of hydrogen-bond donors (Lipinski definition) is 0. The number of carbonyl (C=O) groups excluding carboxylic acids is 1. The number of thiophene rings is 1. The molecule has 0 N–H and O–H groups in total. The van der Waals surface area contributed by atoms with Crippen molar-refractivity contribution in [2.75, 3.05) is 20.3 Å². The van der Waals surface area contributed by atoms with Gasteiger partial charge in [-0.25, -0.2) is 9.78 Å². The molecule has 0 saturated carbocycles. The molecule has 1 aliphatic heterocycles. The number of aromatic nitrogens is 1. The van der Waals surface area contributed by atoms with Gasteiger partial charge in [0, 0.05) is 6.08 Å². The predicted molar refractivity (Wildman–Crippen MR) is 103 cm³/mol. The molecule has 0 amide bonds. The summed E-state index contributed by atoms with van der Waals surface area (Å²) in [5.41, 5.74) is 1.28. The van der Waals surface area contributed by atoms with E-state index in [0.29, 0.717) is 42.0 Å². The SMILES string of the molecule is COc1cc(/C=C/C(=O)OCc2coc(-c3cccs3)n2)cc2c1OCCO2. The molecule has 0 unspecified atom stereocenters. The van der Waals surface area contributed by atoms with E-state index >= 15 is 0 Å². The molecule has 1 aromatic carbocycles. The Morgan fingerprint density at radius 2 is 2.21 bits per heavy atom. The zero-order valence-corrected chi connectivity index (χ0v) is 15.9. The van der Waals surface area contributed by atoms with Crippen LogP contribution in [-0.2, 0) is 16.1 Å². The normalized spacial score (nSPS) is 12.9. The van der Waals surface area contributed by atoms with E-state index in [0.717, 1.165) is 10.4 Å². The molecule has 3 heterocycles. The smallest absolute Gasteiger partial charge is 0.331 e. The Morgan fingerprint density at radius 1 is 1.32 bits per heavy atom. The maximum Gasteiger partial charge on any atom is 0.331 e. The minimum Gasteiger partial charge on any atom is -0.493 e. The van der Waals surface area contributed by atoms with Gasteiger partial charge in [0.2, 0.25) is 11.6 Å². The molecular weight excluding hydrogens is 382 g/mol. The van der Waals surface area contributed by atoms with Crippen LogP contribution < -0.4 is 14.2 Å². The molecule has 7 nitrogen and oxygen atoms in total. The molecule has 2 aromatic heterocycles. The van der Waals surface area contributed by atoms with Gasteiger partial charge >= 0.3 is 5.97 Å². The minimum absolute atomic E-state index is 0.0303. The lowest BCUT2D eigenvalue weighted by atomic mass is 10.1. The highest BCUT2D eigenvalue weighted by molar-refractivity contribution is 7.13. The lowest BCUT2D eigenvalue weighted by molar-refractivity contribution is -0.139. The van der Waals surface area contributed by atoms with E-state index in [1.54, 1.807) is 25.3 Å². The second kappa shape index (κ2) is 8.18. The van der Waals surface area contributed by atoms with Crippen molar-refractivity contribution in [1.29, 1.82) is 0 Å². The van der Waals surface area contributed by atoms with Crippen molar-refractivity contribution in [1.82, 2.24) is 4.98 Å². The Morgan fingerprint density at radius 3 is 3.04 bits per heavy atom. The highest BCUT2D eigenvalue weighted by atomic mass is 32.1. The van der Waals surface area contributed by atoms with Crippen LogP contribution >= 0.6 is 11.3 Å². The van der Waals surface area contributed by atoms with E-state index in [-0.39, 0.29) is 6.61 Å². The third-order valence-electron chi connectivity index (χ3n) is 3.91. The van der Waals surface area contributed by atoms with E-state index in [1.165, 1.54) is 23.7 Å². The average Bonchev–Trinajstić information content (AvgIpc) is 3.41. The van der Waals surface area contributed by atoms with Crippen LogP contribution in [-0.4, -0.2) is 31.3 Å². The van der Waals surface area contributed by atoms with E-state index < -0.39 is 5.97 Å². The lowest BCUT2D eigenvalue weighted by Gasteiger charge is -2.20. The van der Waals surface area contributed by atoms with Gasteiger partial charge in [-0.3, -0.25) is 0 Å². The molecule has 8 heteroatoms. The molecule has 4 rings (SSSR count). The summed E-state index contributed by atoms with van der Waals surface area (Å²) < 4.78 is 27.1. The Hall–Kier alpha value is -3.26. The van der Waals surface area contributed by atoms with Crippen LogP contribution in [0.1, 0.15) is 11.3 Å². The number of rotatable bonds is 6. The maximum absolute atomic E-state index is 12.0. The minimum atomic E-state index is -0.491. The van der Waals surface area contributed by atoms with Crippen molar-refractivity contribution in [3.8, 4) is 28.0 Å². The molecule has 0 radical (unpaired) electrons. The Kier molecular flexibility index (Phi) is 5.29. The van der Waals surface area contributed by atoms with E-state index in [9.17, 15) is 4.79 Å². The van der Waals surface area contributed by atoms with E-state index in [2.05, 4.69) is 4.98 Å². The van der Waals surface area contributed by atoms with Gasteiger partial charge in [0.05, 0.1) is 12.0 Å². The molecule has 28 heavy (non-hydrogen) atoms. The van der Waals surface area contributed by atoms with Gasteiger partial charge in [-0.2, -0.15) is 0 Å². The number of oxazole rings is 1. The van der Waals surface area contributed by atoms with Crippen LogP contribution in [0.25, 0.3) is 16.8 Å². The largest absolute Gasteiger partial charge is 0.493 e. The van der Waals surface area contributed by atoms with Crippen molar-refractivity contribution < 1.29 is 28.2 Å². The Labute approximate surface area is 165 Å². The summed E-state index contributed by atoms with van der Waals surface area (Å²) in [5, 5.41) is 1.94. The van der Waals surface area contributed by atoms with Crippen LogP contribution in [0.3, 0.4) is 0 Å². The highest BCUT2D eigenvalue weighted by Gasteiger charge is 2.18. The summed E-state index contributed by atoms with van der Waals surface area (Å²) in [6.45, 7) is 0.972. The molecule has 1 aliphatic rings. The zero-order valence-electron chi connectivity index (χ0n) is 15.0. The third kappa shape index (κ3) is 4.01. The number of ether oxygens (including phenoxy) is 4. The van der Waals surface area contributed by atoms with Crippen molar-refractivity contribution in [3.63, 3.8) is 0 Å². The number of fused-ring (bicyclic) bond motifs is 1.